The zero-order valence-electron chi connectivity index (χ0n) is 11.7. The Labute approximate surface area is 127 Å². The van der Waals surface area contributed by atoms with Gasteiger partial charge in [0.05, 0.1) is 18.1 Å². The van der Waals surface area contributed by atoms with Crippen LogP contribution in [0.2, 0.25) is 0 Å². The molecule has 0 fully saturated rings. The van der Waals surface area contributed by atoms with Gasteiger partial charge >= 0.3 is 5.97 Å². The summed E-state index contributed by atoms with van der Waals surface area (Å²) >= 11 is 1.08. The van der Waals surface area contributed by atoms with Crippen molar-refractivity contribution >= 4 is 17.7 Å². The van der Waals surface area contributed by atoms with E-state index in [-0.39, 0.29) is 5.75 Å². The fourth-order valence-corrected chi connectivity index (χ4v) is 2.20. The molecule has 2 rings (SSSR count). The number of aliphatic carboxylic acids is 1. The van der Waals surface area contributed by atoms with Crippen molar-refractivity contribution in [2.75, 3.05) is 12.4 Å². The highest BCUT2D eigenvalue weighted by Gasteiger charge is 2.09. The lowest BCUT2D eigenvalue weighted by atomic mass is 10.1. The second-order valence-corrected chi connectivity index (χ2v) is 5.21. The predicted octanol–water partition coefficient (Wildman–Crippen LogP) is 3.11. The lowest BCUT2D eigenvalue weighted by molar-refractivity contribution is -0.133. The van der Waals surface area contributed by atoms with Gasteiger partial charge in [-0.05, 0) is 6.42 Å². The second kappa shape index (κ2) is 7.64. The van der Waals surface area contributed by atoms with E-state index in [4.69, 9.17) is 9.84 Å². The second-order valence-electron chi connectivity index (χ2n) is 4.27. The highest BCUT2D eigenvalue weighted by atomic mass is 32.2. The average Bonchev–Trinajstić information content (AvgIpc) is 2.51. The quantitative estimate of drug-likeness (QED) is 0.626. The molecule has 0 aliphatic carbocycles. The van der Waals surface area contributed by atoms with Crippen LogP contribution < -0.4 is 4.74 Å². The normalized spacial score (nSPS) is 10.3. The summed E-state index contributed by atoms with van der Waals surface area (Å²) < 4.78 is 5.55. The Bertz CT molecular complexity index is 605. The van der Waals surface area contributed by atoms with Crippen LogP contribution in [0, 0.1) is 0 Å². The molecule has 21 heavy (non-hydrogen) atoms. The van der Waals surface area contributed by atoms with Crippen molar-refractivity contribution in [1.29, 1.82) is 0 Å². The first-order chi connectivity index (χ1) is 10.2. The lowest BCUT2D eigenvalue weighted by Gasteiger charge is -2.08. The van der Waals surface area contributed by atoms with Gasteiger partial charge in [-0.2, -0.15) is 4.98 Å². The van der Waals surface area contributed by atoms with E-state index in [1.165, 1.54) is 0 Å². The molecule has 2 aromatic rings. The highest BCUT2D eigenvalue weighted by Crippen LogP contribution is 2.24. The monoisotopic (exact) mass is 304 g/mol. The molecule has 110 valence electrons. The summed E-state index contributed by atoms with van der Waals surface area (Å²) in [5.41, 5.74) is 1.67. The summed E-state index contributed by atoms with van der Waals surface area (Å²) in [5, 5.41) is 9.17. The van der Waals surface area contributed by atoms with E-state index < -0.39 is 5.97 Å². The molecule has 1 heterocycles. The third-order valence-corrected chi connectivity index (χ3v) is 3.36. The van der Waals surface area contributed by atoms with E-state index in [1.54, 1.807) is 6.07 Å². The summed E-state index contributed by atoms with van der Waals surface area (Å²) in [4.78, 5) is 19.3. The number of carboxylic acids is 1. The Morgan fingerprint density at radius 1 is 1.29 bits per heavy atom. The number of aromatic nitrogens is 2. The molecule has 0 aliphatic heterocycles. The van der Waals surface area contributed by atoms with E-state index in [2.05, 4.69) is 9.97 Å². The van der Waals surface area contributed by atoms with Crippen LogP contribution in [0.15, 0.2) is 41.6 Å². The molecular weight excluding hydrogens is 288 g/mol. The Morgan fingerprint density at radius 2 is 2.05 bits per heavy atom. The minimum Gasteiger partial charge on any atom is -0.481 e. The number of hydrogen-bond donors (Lipinski definition) is 1. The summed E-state index contributed by atoms with van der Waals surface area (Å²) in [7, 11) is 0. The first-order valence-corrected chi connectivity index (χ1v) is 7.59. The smallest absolute Gasteiger partial charge is 0.313 e. The average molecular weight is 304 g/mol. The first-order valence-electron chi connectivity index (χ1n) is 6.61. The molecular formula is C15H16N2O3S. The van der Waals surface area contributed by atoms with Gasteiger partial charge in [-0.25, -0.2) is 4.98 Å². The lowest BCUT2D eigenvalue weighted by Crippen LogP contribution is -2.03. The molecule has 0 aliphatic rings. The van der Waals surface area contributed by atoms with Crippen LogP contribution in [0.4, 0.5) is 0 Å². The van der Waals surface area contributed by atoms with E-state index >= 15 is 0 Å². The van der Waals surface area contributed by atoms with Gasteiger partial charge < -0.3 is 9.84 Å². The summed E-state index contributed by atoms with van der Waals surface area (Å²) in [5.74, 6) is -0.505. The van der Waals surface area contributed by atoms with Crippen molar-refractivity contribution in [3.05, 3.63) is 36.4 Å². The maximum atomic E-state index is 10.7. The molecule has 0 bridgehead atoms. The van der Waals surface area contributed by atoms with Crippen molar-refractivity contribution in [2.45, 2.75) is 18.5 Å². The van der Waals surface area contributed by atoms with Crippen LogP contribution in [0.3, 0.4) is 0 Å². The van der Waals surface area contributed by atoms with Crippen molar-refractivity contribution in [3.63, 3.8) is 0 Å². The first kappa shape index (κ1) is 15.3. The SMILES string of the molecule is CCCOc1cc(-c2ccccc2)nc(SCC(=O)O)n1. The summed E-state index contributed by atoms with van der Waals surface area (Å²) in [6.45, 7) is 2.58. The van der Waals surface area contributed by atoms with E-state index in [0.717, 1.165) is 29.4 Å². The zero-order valence-corrected chi connectivity index (χ0v) is 12.5. The fraction of sp³-hybridized carbons (Fsp3) is 0.267. The topological polar surface area (TPSA) is 72.3 Å². The number of carbonyl (C=O) groups is 1. The number of ether oxygens (including phenoxy) is 1. The largest absolute Gasteiger partial charge is 0.481 e. The van der Waals surface area contributed by atoms with Gasteiger partial charge in [0, 0.05) is 11.6 Å². The predicted molar refractivity (Wildman–Crippen MR) is 81.6 cm³/mol. The Morgan fingerprint density at radius 3 is 2.71 bits per heavy atom. The molecule has 0 unspecified atom stereocenters. The summed E-state index contributed by atoms with van der Waals surface area (Å²) in [6, 6.07) is 11.4. The number of carboxylic acid groups (broad SMARTS) is 1. The van der Waals surface area contributed by atoms with Gasteiger partial charge in [0.1, 0.15) is 0 Å². The van der Waals surface area contributed by atoms with Gasteiger partial charge in [-0.3, -0.25) is 4.79 Å². The fourth-order valence-electron chi connectivity index (χ4n) is 1.63. The summed E-state index contributed by atoms with van der Waals surface area (Å²) in [6.07, 6.45) is 0.877. The molecule has 0 saturated heterocycles. The number of hydrogen-bond acceptors (Lipinski definition) is 5. The van der Waals surface area contributed by atoms with Crippen LogP contribution in [-0.2, 0) is 4.79 Å². The van der Waals surface area contributed by atoms with E-state index in [0.29, 0.717) is 17.6 Å². The Kier molecular flexibility index (Phi) is 5.57. The molecule has 5 nitrogen and oxygen atoms in total. The molecule has 0 amide bonds. The minimum atomic E-state index is -0.898. The molecule has 1 N–H and O–H groups in total. The van der Waals surface area contributed by atoms with Crippen LogP contribution >= 0.6 is 11.8 Å². The van der Waals surface area contributed by atoms with Gasteiger partial charge in [0.25, 0.3) is 0 Å². The number of thioether (sulfide) groups is 1. The molecule has 1 aromatic carbocycles. The van der Waals surface area contributed by atoms with Gasteiger partial charge in [0.2, 0.25) is 5.88 Å². The van der Waals surface area contributed by atoms with Crippen molar-refractivity contribution in [3.8, 4) is 17.1 Å². The van der Waals surface area contributed by atoms with Gasteiger partial charge in [-0.1, -0.05) is 49.0 Å². The molecule has 6 heteroatoms. The molecule has 1 aromatic heterocycles. The Balaban J connectivity index is 2.30. The number of benzene rings is 1. The zero-order chi connectivity index (χ0) is 15.1. The third kappa shape index (κ3) is 4.75. The van der Waals surface area contributed by atoms with Crippen LogP contribution in [-0.4, -0.2) is 33.4 Å². The Hall–Kier alpha value is -2.08. The molecule has 0 spiro atoms. The van der Waals surface area contributed by atoms with Gasteiger partial charge in [0.15, 0.2) is 5.16 Å². The van der Waals surface area contributed by atoms with Crippen molar-refractivity contribution < 1.29 is 14.6 Å². The molecule has 0 saturated carbocycles. The van der Waals surface area contributed by atoms with Crippen molar-refractivity contribution in [2.24, 2.45) is 0 Å². The molecule has 0 radical (unpaired) electrons. The van der Waals surface area contributed by atoms with Crippen LogP contribution in [0.5, 0.6) is 5.88 Å². The van der Waals surface area contributed by atoms with Crippen LogP contribution in [0.1, 0.15) is 13.3 Å². The maximum Gasteiger partial charge on any atom is 0.313 e. The van der Waals surface area contributed by atoms with Crippen LogP contribution in [0.25, 0.3) is 11.3 Å². The standard InChI is InChI=1S/C15H16N2O3S/c1-2-8-20-13-9-12(11-6-4-3-5-7-11)16-15(17-13)21-10-14(18)19/h3-7,9H,2,8,10H2,1H3,(H,18,19). The maximum absolute atomic E-state index is 10.7. The van der Waals surface area contributed by atoms with E-state index in [9.17, 15) is 4.79 Å². The third-order valence-electron chi connectivity index (χ3n) is 2.53. The highest BCUT2D eigenvalue weighted by molar-refractivity contribution is 7.99. The number of nitrogens with zero attached hydrogens (tertiary/aromatic N) is 2. The minimum absolute atomic E-state index is 0.0779. The van der Waals surface area contributed by atoms with E-state index in [1.807, 2.05) is 37.3 Å². The number of rotatable bonds is 7. The van der Waals surface area contributed by atoms with Crippen molar-refractivity contribution in [1.82, 2.24) is 9.97 Å². The van der Waals surface area contributed by atoms with Gasteiger partial charge in [-0.15, -0.1) is 0 Å². The molecule has 0 atom stereocenters.